The van der Waals surface area contributed by atoms with Crippen molar-refractivity contribution >= 4 is 11.6 Å². The molecule has 32 heavy (non-hydrogen) atoms. The quantitative estimate of drug-likeness (QED) is 0.740. The van der Waals surface area contributed by atoms with E-state index < -0.39 is 17.6 Å². The van der Waals surface area contributed by atoms with Crippen LogP contribution in [0.5, 0.6) is 0 Å². The molecule has 3 heterocycles. The summed E-state index contributed by atoms with van der Waals surface area (Å²) < 4.78 is 33.1. The van der Waals surface area contributed by atoms with E-state index in [4.69, 9.17) is 4.74 Å². The highest BCUT2D eigenvalue weighted by atomic mass is 19.2. The number of halogens is 2. The van der Waals surface area contributed by atoms with Gasteiger partial charge in [-0.2, -0.15) is 0 Å². The second-order valence-corrected chi connectivity index (χ2v) is 8.75. The summed E-state index contributed by atoms with van der Waals surface area (Å²) in [4.78, 5) is 21.9. The molecule has 8 heteroatoms. The molecule has 0 saturated carbocycles. The van der Waals surface area contributed by atoms with Crippen LogP contribution >= 0.6 is 0 Å². The van der Waals surface area contributed by atoms with Gasteiger partial charge in [0.15, 0.2) is 11.6 Å². The molecule has 1 unspecified atom stereocenters. The number of anilines is 1. The molecule has 2 aliphatic heterocycles. The molecular formula is C24H30F2N4O2. The first-order valence-electron chi connectivity index (χ1n) is 11.2. The van der Waals surface area contributed by atoms with E-state index in [9.17, 15) is 13.6 Å². The van der Waals surface area contributed by atoms with Crippen LogP contribution in [0.3, 0.4) is 0 Å². The fourth-order valence-electron chi connectivity index (χ4n) is 4.44. The Morgan fingerprint density at radius 2 is 1.94 bits per heavy atom. The van der Waals surface area contributed by atoms with E-state index in [-0.39, 0.29) is 18.1 Å². The largest absolute Gasteiger partial charge is 0.368 e. The standard InChI is InChI=1S/C24H30F2N4O2/c1-15(2)28-13-18(17-4-5-19(25)20(26)12-17)24(31)30-10-8-29(9-11-30)22-6-7-27-21-14-32-16(3)23(21)22/h4-7,12,15-16,18,28H,8-11,13-14H2,1-3H3/t16-,18?/m0/s1. The van der Waals surface area contributed by atoms with Crippen LogP contribution in [-0.4, -0.2) is 54.6 Å². The first-order valence-corrected chi connectivity index (χ1v) is 11.2. The predicted molar refractivity (Wildman–Crippen MR) is 118 cm³/mol. The highest BCUT2D eigenvalue weighted by molar-refractivity contribution is 5.84. The number of hydrogen-bond acceptors (Lipinski definition) is 5. The Balaban J connectivity index is 1.48. The molecule has 0 aliphatic carbocycles. The van der Waals surface area contributed by atoms with E-state index >= 15 is 0 Å². The van der Waals surface area contributed by atoms with E-state index in [2.05, 4.69) is 15.2 Å². The molecule has 0 bridgehead atoms. The topological polar surface area (TPSA) is 57.7 Å². The maximum atomic E-state index is 13.9. The molecule has 2 aromatic rings. The summed E-state index contributed by atoms with van der Waals surface area (Å²) in [7, 11) is 0. The average Bonchev–Trinajstić information content (AvgIpc) is 3.17. The number of carbonyl (C=O) groups excluding carboxylic acids is 1. The van der Waals surface area contributed by atoms with Gasteiger partial charge in [-0.05, 0) is 30.7 Å². The zero-order valence-corrected chi connectivity index (χ0v) is 18.8. The number of benzene rings is 1. The fraction of sp³-hybridized carbons (Fsp3) is 0.500. The van der Waals surface area contributed by atoms with E-state index in [1.54, 1.807) is 0 Å². The van der Waals surface area contributed by atoms with Crippen molar-refractivity contribution in [2.75, 3.05) is 37.6 Å². The molecule has 1 aromatic carbocycles. The molecule has 172 valence electrons. The van der Waals surface area contributed by atoms with Gasteiger partial charge in [-0.25, -0.2) is 8.78 Å². The zero-order valence-electron chi connectivity index (χ0n) is 18.8. The number of hydrogen-bond donors (Lipinski definition) is 1. The molecule has 0 spiro atoms. The second kappa shape index (κ2) is 9.50. The molecule has 2 atom stereocenters. The van der Waals surface area contributed by atoms with Crippen LogP contribution in [0.25, 0.3) is 0 Å². The third kappa shape index (κ3) is 4.61. The Kier molecular flexibility index (Phi) is 6.71. The Bertz CT molecular complexity index is 976. The summed E-state index contributed by atoms with van der Waals surface area (Å²) in [6.07, 6.45) is 1.82. The summed E-state index contributed by atoms with van der Waals surface area (Å²) in [5.74, 6) is -2.48. The first kappa shape index (κ1) is 22.6. The van der Waals surface area contributed by atoms with Gasteiger partial charge in [0.05, 0.1) is 24.3 Å². The van der Waals surface area contributed by atoms with E-state index in [0.717, 1.165) is 29.1 Å². The van der Waals surface area contributed by atoms with Crippen LogP contribution in [-0.2, 0) is 16.1 Å². The maximum absolute atomic E-state index is 13.9. The Hall–Kier alpha value is -2.58. The monoisotopic (exact) mass is 444 g/mol. The normalized spacial score (nSPS) is 19.4. The Morgan fingerprint density at radius 1 is 1.19 bits per heavy atom. The number of aromatic nitrogens is 1. The molecule has 1 amide bonds. The lowest BCUT2D eigenvalue weighted by atomic mass is 9.96. The van der Waals surface area contributed by atoms with Gasteiger partial charge in [0, 0.05) is 56.2 Å². The van der Waals surface area contributed by atoms with Crippen LogP contribution in [0, 0.1) is 11.6 Å². The maximum Gasteiger partial charge on any atom is 0.231 e. The third-order valence-electron chi connectivity index (χ3n) is 6.23. The van der Waals surface area contributed by atoms with Gasteiger partial charge in [0.2, 0.25) is 5.91 Å². The predicted octanol–water partition coefficient (Wildman–Crippen LogP) is 3.38. The Morgan fingerprint density at radius 3 is 2.62 bits per heavy atom. The van der Waals surface area contributed by atoms with Crippen LogP contribution < -0.4 is 10.2 Å². The van der Waals surface area contributed by atoms with Crippen molar-refractivity contribution in [1.82, 2.24) is 15.2 Å². The minimum absolute atomic E-state index is 0.00761. The number of carbonyl (C=O) groups is 1. The smallest absolute Gasteiger partial charge is 0.231 e. The Labute approximate surface area is 187 Å². The number of pyridine rings is 1. The van der Waals surface area contributed by atoms with E-state index in [1.807, 2.05) is 37.9 Å². The molecule has 1 N–H and O–H groups in total. The lowest BCUT2D eigenvalue weighted by Gasteiger charge is -2.38. The third-order valence-corrected chi connectivity index (χ3v) is 6.23. The van der Waals surface area contributed by atoms with Crippen LogP contribution in [0.4, 0.5) is 14.5 Å². The van der Waals surface area contributed by atoms with Gasteiger partial charge in [-0.3, -0.25) is 9.78 Å². The number of nitrogens with one attached hydrogen (secondary N) is 1. The summed E-state index contributed by atoms with van der Waals surface area (Å²) in [6.45, 7) is 9.42. The molecular weight excluding hydrogens is 414 g/mol. The van der Waals surface area contributed by atoms with Crippen molar-refractivity contribution in [3.63, 3.8) is 0 Å². The number of amides is 1. The summed E-state index contributed by atoms with van der Waals surface area (Å²) in [5.41, 5.74) is 3.72. The molecule has 2 aliphatic rings. The van der Waals surface area contributed by atoms with Gasteiger partial charge in [-0.1, -0.05) is 19.9 Å². The molecule has 1 fully saturated rings. The van der Waals surface area contributed by atoms with Gasteiger partial charge < -0.3 is 19.9 Å². The number of nitrogens with zero attached hydrogens (tertiary/aromatic N) is 3. The van der Waals surface area contributed by atoms with E-state index in [0.29, 0.717) is 44.9 Å². The van der Waals surface area contributed by atoms with Gasteiger partial charge >= 0.3 is 0 Å². The summed E-state index contributed by atoms with van der Waals surface area (Å²) in [5, 5.41) is 3.27. The number of piperazine rings is 1. The van der Waals surface area contributed by atoms with Crippen LogP contribution in [0.1, 0.15) is 49.6 Å². The summed E-state index contributed by atoms with van der Waals surface area (Å²) >= 11 is 0. The van der Waals surface area contributed by atoms with Crippen LogP contribution in [0.2, 0.25) is 0 Å². The van der Waals surface area contributed by atoms with Crippen molar-refractivity contribution in [3.05, 3.63) is 58.9 Å². The lowest BCUT2D eigenvalue weighted by Crippen LogP contribution is -2.51. The highest BCUT2D eigenvalue weighted by Crippen LogP contribution is 2.36. The van der Waals surface area contributed by atoms with Gasteiger partial charge in [0.1, 0.15) is 0 Å². The SMILES string of the molecule is CC(C)NCC(C(=O)N1CCN(c2ccnc3c2[C@H](C)OC3)CC1)c1ccc(F)c(F)c1. The molecule has 0 radical (unpaired) electrons. The van der Waals surface area contributed by atoms with Gasteiger partial charge in [-0.15, -0.1) is 0 Å². The van der Waals surface area contributed by atoms with Crippen LogP contribution in [0.15, 0.2) is 30.5 Å². The second-order valence-electron chi connectivity index (χ2n) is 8.75. The number of ether oxygens (including phenoxy) is 1. The van der Waals surface area contributed by atoms with Gasteiger partial charge in [0.25, 0.3) is 0 Å². The van der Waals surface area contributed by atoms with Crippen molar-refractivity contribution in [3.8, 4) is 0 Å². The molecule has 1 aromatic heterocycles. The van der Waals surface area contributed by atoms with E-state index in [1.165, 1.54) is 6.07 Å². The molecule has 6 nitrogen and oxygen atoms in total. The minimum Gasteiger partial charge on any atom is -0.368 e. The van der Waals surface area contributed by atoms with Crippen molar-refractivity contribution in [2.45, 2.75) is 45.4 Å². The van der Waals surface area contributed by atoms with Crippen molar-refractivity contribution in [2.24, 2.45) is 0 Å². The number of fused-ring (bicyclic) bond motifs is 1. The highest BCUT2D eigenvalue weighted by Gasteiger charge is 2.32. The molecule has 1 saturated heterocycles. The van der Waals surface area contributed by atoms with Crippen molar-refractivity contribution in [1.29, 1.82) is 0 Å². The minimum atomic E-state index is -0.933. The molecule has 4 rings (SSSR count). The number of rotatable bonds is 6. The zero-order chi connectivity index (χ0) is 22.8. The summed E-state index contributed by atoms with van der Waals surface area (Å²) in [6, 6.07) is 5.91. The van der Waals surface area contributed by atoms with Crippen molar-refractivity contribution < 1.29 is 18.3 Å². The first-order chi connectivity index (χ1) is 15.3. The fourth-order valence-corrected chi connectivity index (χ4v) is 4.44. The average molecular weight is 445 g/mol. The lowest BCUT2D eigenvalue weighted by molar-refractivity contribution is -0.133.